The third-order valence-electron chi connectivity index (χ3n) is 2.65. The second-order valence-corrected chi connectivity index (χ2v) is 4.84. The first-order valence-electron chi connectivity index (χ1n) is 5.06. The van der Waals surface area contributed by atoms with Crippen LogP contribution >= 0.6 is 11.8 Å². The molecule has 0 radical (unpaired) electrons. The molecule has 0 saturated carbocycles. The summed E-state index contributed by atoms with van der Waals surface area (Å²) in [5, 5.41) is 8.75. The number of rotatable bonds is 3. The predicted octanol–water partition coefficient (Wildman–Crippen LogP) is 0.747. The van der Waals surface area contributed by atoms with Crippen molar-refractivity contribution in [3.63, 3.8) is 0 Å². The van der Waals surface area contributed by atoms with E-state index in [0.29, 0.717) is 5.75 Å². The van der Waals surface area contributed by atoms with Gasteiger partial charge in [-0.05, 0) is 12.1 Å². The van der Waals surface area contributed by atoms with Crippen LogP contribution in [0.4, 0.5) is 5.69 Å². The molecule has 2 rings (SSSR count). The molecule has 1 amide bonds. The molecule has 1 aliphatic rings. The monoisotopic (exact) mass is 238 g/mol. The molecule has 4 nitrogen and oxygen atoms in total. The first kappa shape index (κ1) is 11.4. The fourth-order valence-electron chi connectivity index (χ4n) is 1.79. The maximum Gasteiger partial charge on any atom is 0.248 e. The van der Waals surface area contributed by atoms with E-state index >= 15 is 0 Å². The molecule has 86 valence electrons. The third-order valence-corrected chi connectivity index (χ3v) is 3.63. The third kappa shape index (κ3) is 1.81. The Morgan fingerprint density at radius 3 is 3.00 bits per heavy atom. The number of benzene rings is 1. The molecule has 0 fully saturated rings. The highest BCUT2D eigenvalue weighted by atomic mass is 32.2. The van der Waals surface area contributed by atoms with Gasteiger partial charge in [-0.25, -0.2) is 0 Å². The maximum atomic E-state index is 11.6. The van der Waals surface area contributed by atoms with Gasteiger partial charge in [0.1, 0.15) is 6.04 Å². The number of aliphatic hydroxyl groups excluding tert-OH is 1. The van der Waals surface area contributed by atoms with E-state index in [0.717, 1.165) is 16.1 Å². The van der Waals surface area contributed by atoms with E-state index in [4.69, 9.17) is 10.8 Å². The number of carbonyl (C=O) groups is 1. The standard InChI is InChI=1S/C11H14N2O2S/c1-13-9-6-7(16-5-4-14)2-3-8(9)10(12)11(13)15/h2-3,6,10,14H,4-5,12H2,1H3. The van der Waals surface area contributed by atoms with Crippen LogP contribution in [0.15, 0.2) is 23.1 Å². The van der Waals surface area contributed by atoms with E-state index in [2.05, 4.69) is 0 Å². The first-order chi connectivity index (χ1) is 7.65. The Labute approximate surface area is 98.4 Å². The lowest BCUT2D eigenvalue weighted by Gasteiger charge is -2.10. The van der Waals surface area contributed by atoms with Crippen molar-refractivity contribution in [2.24, 2.45) is 5.73 Å². The fourth-order valence-corrected chi connectivity index (χ4v) is 2.48. The van der Waals surface area contributed by atoms with Gasteiger partial charge in [0.15, 0.2) is 0 Å². The number of thioether (sulfide) groups is 1. The van der Waals surface area contributed by atoms with E-state index in [1.807, 2.05) is 18.2 Å². The van der Waals surface area contributed by atoms with E-state index in [1.54, 1.807) is 23.7 Å². The lowest BCUT2D eigenvalue weighted by molar-refractivity contribution is -0.118. The van der Waals surface area contributed by atoms with E-state index in [-0.39, 0.29) is 12.5 Å². The average Bonchev–Trinajstić information content (AvgIpc) is 2.52. The summed E-state index contributed by atoms with van der Waals surface area (Å²) in [6.07, 6.45) is 0. The molecule has 5 heteroatoms. The van der Waals surface area contributed by atoms with Gasteiger partial charge in [0, 0.05) is 28.9 Å². The first-order valence-corrected chi connectivity index (χ1v) is 6.04. The number of fused-ring (bicyclic) bond motifs is 1. The van der Waals surface area contributed by atoms with Gasteiger partial charge in [-0.3, -0.25) is 4.79 Å². The summed E-state index contributed by atoms with van der Waals surface area (Å²) in [4.78, 5) is 14.3. The normalized spacial score (nSPS) is 19.1. The van der Waals surface area contributed by atoms with Gasteiger partial charge in [-0.1, -0.05) is 6.07 Å². The van der Waals surface area contributed by atoms with Crippen LogP contribution in [0.3, 0.4) is 0 Å². The number of nitrogens with zero attached hydrogens (tertiary/aromatic N) is 1. The number of hydrogen-bond acceptors (Lipinski definition) is 4. The molecule has 1 atom stereocenters. The van der Waals surface area contributed by atoms with Crippen molar-refractivity contribution in [3.8, 4) is 0 Å². The zero-order chi connectivity index (χ0) is 11.7. The van der Waals surface area contributed by atoms with Crippen molar-refractivity contribution < 1.29 is 9.90 Å². The van der Waals surface area contributed by atoms with Gasteiger partial charge in [-0.15, -0.1) is 11.8 Å². The molecular weight excluding hydrogens is 224 g/mol. The topological polar surface area (TPSA) is 66.6 Å². The molecule has 1 aromatic carbocycles. The molecule has 0 spiro atoms. The molecule has 1 unspecified atom stereocenters. The number of aliphatic hydroxyl groups is 1. The largest absolute Gasteiger partial charge is 0.396 e. The van der Waals surface area contributed by atoms with Crippen molar-refractivity contribution >= 4 is 23.4 Å². The molecule has 16 heavy (non-hydrogen) atoms. The van der Waals surface area contributed by atoms with Crippen LogP contribution in [0.1, 0.15) is 11.6 Å². The minimum Gasteiger partial charge on any atom is -0.396 e. The molecule has 1 aromatic rings. The number of likely N-dealkylation sites (N-methyl/N-ethyl adjacent to an activating group) is 1. The molecule has 0 saturated heterocycles. The summed E-state index contributed by atoms with van der Waals surface area (Å²) in [7, 11) is 1.73. The van der Waals surface area contributed by atoms with Gasteiger partial charge in [0.2, 0.25) is 5.91 Å². The number of nitrogens with two attached hydrogens (primary N) is 1. The maximum absolute atomic E-state index is 11.6. The molecule has 3 N–H and O–H groups in total. The number of carbonyl (C=O) groups excluding carboxylic acids is 1. The van der Waals surface area contributed by atoms with E-state index in [9.17, 15) is 4.79 Å². The highest BCUT2D eigenvalue weighted by Crippen LogP contribution is 2.36. The summed E-state index contributed by atoms with van der Waals surface area (Å²) in [6.45, 7) is 0.149. The zero-order valence-corrected chi connectivity index (χ0v) is 9.83. The molecular formula is C11H14N2O2S. The van der Waals surface area contributed by atoms with Crippen LogP contribution in [-0.4, -0.2) is 30.4 Å². The molecule has 0 aromatic heterocycles. The van der Waals surface area contributed by atoms with Gasteiger partial charge >= 0.3 is 0 Å². The fraction of sp³-hybridized carbons (Fsp3) is 0.364. The Hall–Kier alpha value is -1.04. The summed E-state index contributed by atoms with van der Waals surface area (Å²) < 4.78 is 0. The van der Waals surface area contributed by atoms with Crippen molar-refractivity contribution in [2.45, 2.75) is 10.9 Å². The Morgan fingerprint density at radius 2 is 2.31 bits per heavy atom. The van der Waals surface area contributed by atoms with Gasteiger partial charge < -0.3 is 15.7 Å². The zero-order valence-electron chi connectivity index (χ0n) is 9.01. The quantitative estimate of drug-likeness (QED) is 0.762. The van der Waals surface area contributed by atoms with Crippen molar-refractivity contribution in [1.82, 2.24) is 0 Å². The van der Waals surface area contributed by atoms with Crippen molar-refractivity contribution in [1.29, 1.82) is 0 Å². The van der Waals surface area contributed by atoms with E-state index in [1.165, 1.54) is 0 Å². The summed E-state index contributed by atoms with van der Waals surface area (Å²) in [6, 6.07) is 5.24. The van der Waals surface area contributed by atoms with Crippen LogP contribution < -0.4 is 10.6 Å². The summed E-state index contributed by atoms with van der Waals surface area (Å²) in [5.41, 5.74) is 7.54. The SMILES string of the molecule is CN1C(=O)C(N)c2ccc(SCCO)cc21. The lowest BCUT2D eigenvalue weighted by atomic mass is 10.1. The second-order valence-electron chi connectivity index (χ2n) is 3.67. The second kappa shape index (κ2) is 4.45. The lowest BCUT2D eigenvalue weighted by Crippen LogP contribution is -2.27. The van der Waals surface area contributed by atoms with Crippen molar-refractivity contribution in [3.05, 3.63) is 23.8 Å². The predicted molar refractivity (Wildman–Crippen MR) is 64.6 cm³/mol. The number of hydrogen-bond donors (Lipinski definition) is 2. The molecule has 0 bridgehead atoms. The highest BCUT2D eigenvalue weighted by Gasteiger charge is 2.32. The minimum atomic E-state index is -0.531. The molecule has 1 aliphatic heterocycles. The van der Waals surface area contributed by atoms with Crippen molar-refractivity contribution in [2.75, 3.05) is 24.3 Å². The summed E-state index contributed by atoms with van der Waals surface area (Å²) >= 11 is 1.56. The Balaban J connectivity index is 2.30. The van der Waals surface area contributed by atoms with Gasteiger partial charge in [0.05, 0.1) is 6.61 Å². The number of amides is 1. The minimum absolute atomic E-state index is 0.0701. The Kier molecular flexibility index (Phi) is 3.18. The molecule has 0 aliphatic carbocycles. The van der Waals surface area contributed by atoms with Crippen LogP contribution in [-0.2, 0) is 4.79 Å². The Morgan fingerprint density at radius 1 is 1.56 bits per heavy atom. The van der Waals surface area contributed by atoms with Gasteiger partial charge in [0.25, 0.3) is 0 Å². The summed E-state index contributed by atoms with van der Waals surface area (Å²) in [5.74, 6) is 0.585. The van der Waals surface area contributed by atoms with Crippen LogP contribution in [0.5, 0.6) is 0 Å². The Bertz CT molecular complexity index is 422. The smallest absolute Gasteiger partial charge is 0.248 e. The van der Waals surface area contributed by atoms with Gasteiger partial charge in [-0.2, -0.15) is 0 Å². The van der Waals surface area contributed by atoms with Crippen LogP contribution in [0, 0.1) is 0 Å². The van der Waals surface area contributed by atoms with E-state index < -0.39 is 6.04 Å². The highest BCUT2D eigenvalue weighted by molar-refractivity contribution is 7.99. The van der Waals surface area contributed by atoms with Crippen LogP contribution in [0.25, 0.3) is 0 Å². The average molecular weight is 238 g/mol. The molecule has 1 heterocycles. The number of anilines is 1. The van der Waals surface area contributed by atoms with Crippen LogP contribution in [0.2, 0.25) is 0 Å².